The van der Waals surface area contributed by atoms with Gasteiger partial charge >= 0.3 is 0 Å². The van der Waals surface area contributed by atoms with Crippen molar-refractivity contribution in [2.45, 2.75) is 32.8 Å². The minimum absolute atomic E-state index is 0.0424. The van der Waals surface area contributed by atoms with Crippen LogP contribution in [0.25, 0.3) is 0 Å². The van der Waals surface area contributed by atoms with Crippen molar-refractivity contribution in [1.29, 1.82) is 0 Å². The lowest BCUT2D eigenvalue weighted by atomic mass is 10.3. The largest absolute Gasteiger partial charge is 0.494 e. The highest BCUT2D eigenvalue weighted by atomic mass is 35.5. The van der Waals surface area contributed by atoms with E-state index in [0.29, 0.717) is 11.6 Å². The predicted molar refractivity (Wildman–Crippen MR) is 96.9 cm³/mol. The number of hydrogen-bond donors (Lipinski definition) is 1. The molecular formula is C19H24ClNO2. The Balaban J connectivity index is 1.80. The molecule has 1 N–H and O–H groups in total. The van der Waals surface area contributed by atoms with E-state index in [4.69, 9.17) is 21.1 Å². The highest BCUT2D eigenvalue weighted by molar-refractivity contribution is 6.30. The number of rotatable bonds is 9. The van der Waals surface area contributed by atoms with Gasteiger partial charge in [0.2, 0.25) is 0 Å². The molecule has 124 valence electrons. The first-order valence-electron chi connectivity index (χ1n) is 8.06. The Morgan fingerprint density at radius 1 is 1.09 bits per heavy atom. The maximum atomic E-state index is 5.87. The first kappa shape index (κ1) is 17.5. The van der Waals surface area contributed by atoms with E-state index >= 15 is 0 Å². The molecule has 0 spiro atoms. The minimum Gasteiger partial charge on any atom is -0.494 e. The molecule has 0 fully saturated rings. The maximum absolute atomic E-state index is 5.87. The molecule has 0 aliphatic carbocycles. The first-order valence-corrected chi connectivity index (χ1v) is 8.44. The van der Waals surface area contributed by atoms with Crippen LogP contribution in [0.3, 0.4) is 0 Å². The van der Waals surface area contributed by atoms with Gasteiger partial charge in [0.1, 0.15) is 17.6 Å². The summed E-state index contributed by atoms with van der Waals surface area (Å²) in [5.41, 5.74) is 1.03. The molecule has 1 unspecified atom stereocenters. The molecule has 0 heterocycles. The van der Waals surface area contributed by atoms with Gasteiger partial charge in [0, 0.05) is 16.8 Å². The summed E-state index contributed by atoms with van der Waals surface area (Å²) in [6.45, 7) is 5.66. The van der Waals surface area contributed by atoms with Crippen LogP contribution in [0.15, 0.2) is 48.5 Å². The zero-order chi connectivity index (χ0) is 16.5. The monoisotopic (exact) mass is 333 g/mol. The molecule has 0 radical (unpaired) electrons. The number of ether oxygens (including phenoxy) is 2. The van der Waals surface area contributed by atoms with E-state index in [0.717, 1.165) is 36.6 Å². The SMILES string of the molecule is CCCCOc1cccc(NCC(C)Oc2ccc(Cl)cc2)c1. The van der Waals surface area contributed by atoms with Gasteiger partial charge in [-0.05, 0) is 49.7 Å². The lowest BCUT2D eigenvalue weighted by Crippen LogP contribution is -2.22. The number of benzene rings is 2. The van der Waals surface area contributed by atoms with Crippen molar-refractivity contribution in [3.63, 3.8) is 0 Å². The second-order valence-corrected chi connectivity index (χ2v) is 5.93. The van der Waals surface area contributed by atoms with Crippen molar-refractivity contribution in [2.75, 3.05) is 18.5 Å². The van der Waals surface area contributed by atoms with Crippen molar-refractivity contribution in [3.05, 3.63) is 53.6 Å². The van der Waals surface area contributed by atoms with Crippen LogP contribution in [0.5, 0.6) is 11.5 Å². The number of unbranched alkanes of at least 4 members (excludes halogenated alkanes) is 1. The van der Waals surface area contributed by atoms with Gasteiger partial charge in [-0.15, -0.1) is 0 Å². The van der Waals surface area contributed by atoms with E-state index in [1.54, 1.807) is 0 Å². The van der Waals surface area contributed by atoms with E-state index < -0.39 is 0 Å². The van der Waals surface area contributed by atoms with Crippen LogP contribution in [-0.4, -0.2) is 19.3 Å². The molecule has 0 aliphatic rings. The third kappa shape index (κ3) is 6.41. The van der Waals surface area contributed by atoms with Gasteiger partial charge in [0.15, 0.2) is 0 Å². The van der Waals surface area contributed by atoms with Crippen LogP contribution in [0.2, 0.25) is 5.02 Å². The van der Waals surface area contributed by atoms with Crippen LogP contribution in [-0.2, 0) is 0 Å². The number of nitrogens with one attached hydrogen (secondary N) is 1. The summed E-state index contributed by atoms with van der Waals surface area (Å²) in [6, 6.07) is 15.4. The molecule has 2 rings (SSSR count). The molecule has 1 atom stereocenters. The fourth-order valence-electron chi connectivity index (χ4n) is 2.08. The lowest BCUT2D eigenvalue weighted by Gasteiger charge is -2.16. The van der Waals surface area contributed by atoms with Gasteiger partial charge in [-0.25, -0.2) is 0 Å². The third-order valence-electron chi connectivity index (χ3n) is 3.35. The van der Waals surface area contributed by atoms with Crippen molar-refractivity contribution < 1.29 is 9.47 Å². The highest BCUT2D eigenvalue weighted by Gasteiger charge is 2.05. The number of halogens is 1. The van der Waals surface area contributed by atoms with Crippen LogP contribution in [0, 0.1) is 0 Å². The minimum atomic E-state index is 0.0424. The average molecular weight is 334 g/mol. The standard InChI is InChI=1S/C19H24ClNO2/c1-3-4-12-22-19-7-5-6-17(13-19)21-14-15(2)23-18-10-8-16(20)9-11-18/h5-11,13,15,21H,3-4,12,14H2,1-2H3. The molecule has 2 aromatic carbocycles. The highest BCUT2D eigenvalue weighted by Crippen LogP contribution is 2.19. The molecule has 0 bridgehead atoms. The van der Waals surface area contributed by atoms with Gasteiger partial charge in [0.05, 0.1) is 13.2 Å². The molecule has 2 aromatic rings. The lowest BCUT2D eigenvalue weighted by molar-refractivity contribution is 0.234. The summed E-state index contributed by atoms with van der Waals surface area (Å²) in [5.74, 6) is 1.72. The Morgan fingerprint density at radius 2 is 1.87 bits per heavy atom. The molecule has 0 amide bonds. The maximum Gasteiger partial charge on any atom is 0.121 e. The van der Waals surface area contributed by atoms with Crippen LogP contribution in [0.4, 0.5) is 5.69 Å². The normalized spacial score (nSPS) is 11.8. The summed E-state index contributed by atoms with van der Waals surface area (Å²) >= 11 is 5.87. The Kier molecular flexibility index (Phi) is 7.08. The number of anilines is 1. The Bertz CT molecular complexity index is 586. The van der Waals surface area contributed by atoms with Crippen LogP contribution in [0.1, 0.15) is 26.7 Å². The smallest absolute Gasteiger partial charge is 0.121 e. The summed E-state index contributed by atoms with van der Waals surface area (Å²) in [7, 11) is 0. The molecule has 0 saturated carbocycles. The fourth-order valence-corrected chi connectivity index (χ4v) is 2.20. The average Bonchev–Trinajstić information content (AvgIpc) is 2.56. The van der Waals surface area contributed by atoms with E-state index in [1.165, 1.54) is 0 Å². The van der Waals surface area contributed by atoms with Crippen molar-refractivity contribution in [3.8, 4) is 11.5 Å². The van der Waals surface area contributed by atoms with Crippen molar-refractivity contribution >= 4 is 17.3 Å². The van der Waals surface area contributed by atoms with Gasteiger partial charge in [-0.3, -0.25) is 0 Å². The van der Waals surface area contributed by atoms with Crippen molar-refractivity contribution in [1.82, 2.24) is 0 Å². The molecule has 3 nitrogen and oxygen atoms in total. The Morgan fingerprint density at radius 3 is 2.61 bits per heavy atom. The zero-order valence-corrected chi connectivity index (χ0v) is 14.5. The molecule has 0 aromatic heterocycles. The van der Waals surface area contributed by atoms with Gasteiger partial charge < -0.3 is 14.8 Å². The Hall–Kier alpha value is -1.87. The molecular weight excluding hydrogens is 310 g/mol. The third-order valence-corrected chi connectivity index (χ3v) is 3.60. The zero-order valence-electron chi connectivity index (χ0n) is 13.7. The summed E-state index contributed by atoms with van der Waals surface area (Å²) in [6.07, 6.45) is 2.25. The van der Waals surface area contributed by atoms with E-state index in [-0.39, 0.29) is 6.10 Å². The second kappa shape index (κ2) is 9.31. The van der Waals surface area contributed by atoms with Gasteiger partial charge in [-0.1, -0.05) is 31.0 Å². The summed E-state index contributed by atoms with van der Waals surface area (Å²) < 4.78 is 11.6. The quantitative estimate of drug-likeness (QED) is 0.623. The van der Waals surface area contributed by atoms with Crippen LogP contribution < -0.4 is 14.8 Å². The Labute approximate surface area is 143 Å². The molecule has 0 aliphatic heterocycles. The van der Waals surface area contributed by atoms with Gasteiger partial charge in [-0.2, -0.15) is 0 Å². The molecule has 23 heavy (non-hydrogen) atoms. The van der Waals surface area contributed by atoms with E-state index in [1.807, 2.05) is 55.5 Å². The fraction of sp³-hybridized carbons (Fsp3) is 0.368. The van der Waals surface area contributed by atoms with Gasteiger partial charge in [0.25, 0.3) is 0 Å². The van der Waals surface area contributed by atoms with E-state index in [9.17, 15) is 0 Å². The number of hydrogen-bond acceptors (Lipinski definition) is 3. The van der Waals surface area contributed by atoms with E-state index in [2.05, 4.69) is 12.2 Å². The van der Waals surface area contributed by atoms with Crippen LogP contribution >= 0.6 is 11.6 Å². The molecule has 0 saturated heterocycles. The van der Waals surface area contributed by atoms with Crippen molar-refractivity contribution in [2.24, 2.45) is 0 Å². The predicted octanol–water partition coefficient (Wildman–Crippen LogP) is 5.40. The first-order chi connectivity index (χ1) is 11.2. The molecule has 4 heteroatoms. The summed E-state index contributed by atoms with van der Waals surface area (Å²) in [4.78, 5) is 0. The second-order valence-electron chi connectivity index (χ2n) is 5.49. The topological polar surface area (TPSA) is 30.5 Å². The summed E-state index contributed by atoms with van der Waals surface area (Å²) in [5, 5.41) is 4.09.